The molecule has 3 aromatic rings. The van der Waals surface area contributed by atoms with Crippen LogP contribution >= 0.6 is 11.6 Å². The van der Waals surface area contributed by atoms with Crippen molar-refractivity contribution >= 4 is 17.9 Å². The second-order valence-corrected chi connectivity index (χ2v) is 5.26. The summed E-state index contributed by atoms with van der Waals surface area (Å²) < 4.78 is 7.61. The van der Waals surface area contributed by atoms with Gasteiger partial charge in [0.25, 0.3) is 0 Å². The molecule has 0 amide bonds. The number of aryl methyl sites for hydroxylation is 2. The smallest absolute Gasteiger partial charge is 0.307 e. The number of halogens is 1. The molecule has 0 fully saturated rings. The molecule has 2 heterocycles. The van der Waals surface area contributed by atoms with Crippen LogP contribution in [0.1, 0.15) is 18.0 Å². The lowest BCUT2D eigenvalue weighted by molar-refractivity contribution is -0.107. The number of carbonyl (C=O) groups excluding carboxylic acids is 1. The number of rotatable bonds is 5. The first-order chi connectivity index (χ1) is 10.7. The fourth-order valence-electron chi connectivity index (χ4n) is 2.22. The molecule has 22 heavy (non-hydrogen) atoms. The SMILES string of the molecule is Cc1nccn1-c1nc(-c2ccc(Cl)cc2)c(CCC=O)o1. The molecule has 0 aliphatic carbocycles. The topological polar surface area (TPSA) is 60.9 Å². The lowest BCUT2D eigenvalue weighted by Gasteiger charge is -1.99. The van der Waals surface area contributed by atoms with Gasteiger partial charge in [-0.25, -0.2) is 4.98 Å². The highest BCUT2D eigenvalue weighted by atomic mass is 35.5. The fourth-order valence-corrected chi connectivity index (χ4v) is 2.34. The van der Waals surface area contributed by atoms with Crippen LogP contribution in [-0.2, 0) is 11.2 Å². The maximum Gasteiger partial charge on any atom is 0.307 e. The van der Waals surface area contributed by atoms with Crippen LogP contribution in [0.25, 0.3) is 17.3 Å². The van der Waals surface area contributed by atoms with E-state index < -0.39 is 0 Å². The molecule has 0 aliphatic rings. The summed E-state index contributed by atoms with van der Waals surface area (Å²) in [5.74, 6) is 1.46. The number of hydrogen-bond donors (Lipinski definition) is 0. The number of nitrogens with zero attached hydrogens (tertiary/aromatic N) is 3. The molecule has 3 rings (SSSR count). The minimum atomic E-state index is 0.387. The third-order valence-corrected chi connectivity index (χ3v) is 3.58. The van der Waals surface area contributed by atoms with Gasteiger partial charge in [0.2, 0.25) is 0 Å². The van der Waals surface area contributed by atoms with Crippen LogP contribution < -0.4 is 0 Å². The highest BCUT2D eigenvalue weighted by molar-refractivity contribution is 6.30. The maximum absolute atomic E-state index is 10.7. The van der Waals surface area contributed by atoms with E-state index >= 15 is 0 Å². The number of carbonyl (C=O) groups is 1. The number of aromatic nitrogens is 3. The summed E-state index contributed by atoms with van der Waals surface area (Å²) >= 11 is 5.93. The van der Waals surface area contributed by atoms with Gasteiger partial charge in [-0.3, -0.25) is 4.57 Å². The van der Waals surface area contributed by atoms with Crippen molar-refractivity contribution in [2.75, 3.05) is 0 Å². The number of benzene rings is 1. The van der Waals surface area contributed by atoms with Crippen molar-refractivity contribution in [3.05, 3.63) is 53.3 Å². The Morgan fingerprint density at radius 2 is 2.09 bits per heavy atom. The summed E-state index contributed by atoms with van der Waals surface area (Å²) in [5.41, 5.74) is 1.62. The second-order valence-electron chi connectivity index (χ2n) is 4.82. The number of oxazole rings is 1. The summed E-state index contributed by atoms with van der Waals surface area (Å²) in [7, 11) is 0. The van der Waals surface area contributed by atoms with Crippen molar-refractivity contribution in [3.8, 4) is 17.3 Å². The summed E-state index contributed by atoms with van der Waals surface area (Å²) in [6.07, 6.45) is 5.24. The molecule has 1 aromatic carbocycles. The molecule has 0 spiro atoms. The summed E-state index contributed by atoms with van der Waals surface area (Å²) in [6, 6.07) is 7.82. The summed E-state index contributed by atoms with van der Waals surface area (Å²) in [5, 5.41) is 0.660. The molecule has 0 aliphatic heterocycles. The second kappa shape index (κ2) is 6.15. The normalized spacial score (nSPS) is 10.8. The van der Waals surface area contributed by atoms with Gasteiger partial charge in [0.05, 0.1) is 0 Å². The van der Waals surface area contributed by atoms with Crippen LogP contribution in [0.15, 0.2) is 41.1 Å². The van der Waals surface area contributed by atoms with Crippen LogP contribution in [0.4, 0.5) is 0 Å². The van der Waals surface area contributed by atoms with Crippen LogP contribution in [0.2, 0.25) is 5.02 Å². The molecule has 0 radical (unpaired) electrons. The van der Waals surface area contributed by atoms with Crippen molar-refractivity contribution in [2.24, 2.45) is 0 Å². The molecular formula is C16H14ClN3O2. The van der Waals surface area contributed by atoms with Gasteiger partial charge in [0, 0.05) is 35.8 Å². The number of hydrogen-bond acceptors (Lipinski definition) is 4. The lowest BCUT2D eigenvalue weighted by Crippen LogP contribution is -1.95. The van der Waals surface area contributed by atoms with E-state index in [2.05, 4.69) is 9.97 Å². The Morgan fingerprint density at radius 3 is 2.73 bits per heavy atom. The van der Waals surface area contributed by atoms with Crippen molar-refractivity contribution in [3.63, 3.8) is 0 Å². The molecule has 0 N–H and O–H groups in total. The van der Waals surface area contributed by atoms with E-state index in [9.17, 15) is 4.79 Å². The highest BCUT2D eigenvalue weighted by Crippen LogP contribution is 2.28. The molecule has 0 saturated heterocycles. The largest absolute Gasteiger partial charge is 0.427 e. The van der Waals surface area contributed by atoms with Crippen molar-refractivity contribution in [2.45, 2.75) is 19.8 Å². The van der Waals surface area contributed by atoms with Gasteiger partial charge in [0.15, 0.2) is 0 Å². The van der Waals surface area contributed by atoms with E-state index in [0.29, 0.717) is 29.6 Å². The molecule has 2 aromatic heterocycles. The van der Waals surface area contributed by atoms with Crippen molar-refractivity contribution < 1.29 is 9.21 Å². The first kappa shape index (κ1) is 14.5. The average molecular weight is 316 g/mol. The van der Waals surface area contributed by atoms with E-state index in [1.807, 2.05) is 19.1 Å². The average Bonchev–Trinajstić information content (AvgIpc) is 3.12. The fraction of sp³-hybridized carbons (Fsp3) is 0.188. The Morgan fingerprint density at radius 1 is 1.32 bits per heavy atom. The summed E-state index contributed by atoms with van der Waals surface area (Å²) in [4.78, 5) is 19.4. The Balaban J connectivity index is 2.07. The lowest BCUT2D eigenvalue weighted by atomic mass is 10.1. The molecule has 0 saturated carbocycles. The molecule has 0 bridgehead atoms. The van der Waals surface area contributed by atoms with Crippen LogP contribution in [0.5, 0.6) is 0 Å². The molecule has 5 nitrogen and oxygen atoms in total. The van der Waals surface area contributed by atoms with E-state index in [-0.39, 0.29) is 0 Å². The Hall–Kier alpha value is -2.40. The molecule has 112 valence electrons. The predicted molar refractivity (Wildman–Crippen MR) is 83.2 cm³/mol. The van der Waals surface area contributed by atoms with E-state index in [1.54, 1.807) is 29.1 Å². The Kier molecular flexibility index (Phi) is 4.06. The van der Waals surface area contributed by atoms with Gasteiger partial charge >= 0.3 is 6.01 Å². The number of aldehydes is 1. The van der Waals surface area contributed by atoms with E-state index in [0.717, 1.165) is 23.4 Å². The van der Waals surface area contributed by atoms with Gasteiger partial charge in [-0.1, -0.05) is 23.7 Å². The van der Waals surface area contributed by atoms with Crippen LogP contribution in [0, 0.1) is 6.92 Å². The quantitative estimate of drug-likeness (QED) is 0.675. The van der Waals surface area contributed by atoms with Gasteiger partial charge in [-0.05, 0) is 19.1 Å². The summed E-state index contributed by atoms with van der Waals surface area (Å²) in [6.45, 7) is 1.87. The van der Waals surface area contributed by atoms with Gasteiger partial charge in [-0.2, -0.15) is 4.98 Å². The molecular weight excluding hydrogens is 302 g/mol. The zero-order valence-corrected chi connectivity index (χ0v) is 12.7. The van der Waals surface area contributed by atoms with Gasteiger partial charge in [-0.15, -0.1) is 0 Å². The maximum atomic E-state index is 10.7. The Labute approximate surface area is 132 Å². The van der Waals surface area contributed by atoms with Gasteiger partial charge in [0.1, 0.15) is 23.6 Å². The molecule has 0 atom stereocenters. The first-order valence-corrected chi connectivity index (χ1v) is 7.26. The zero-order valence-electron chi connectivity index (χ0n) is 12.0. The zero-order chi connectivity index (χ0) is 15.5. The minimum Gasteiger partial charge on any atom is -0.427 e. The van der Waals surface area contributed by atoms with Crippen LogP contribution in [0.3, 0.4) is 0 Å². The monoisotopic (exact) mass is 315 g/mol. The third kappa shape index (κ3) is 2.80. The molecule has 0 unspecified atom stereocenters. The van der Waals surface area contributed by atoms with Gasteiger partial charge < -0.3 is 9.21 Å². The van der Waals surface area contributed by atoms with E-state index in [4.69, 9.17) is 16.0 Å². The number of imidazole rings is 1. The third-order valence-electron chi connectivity index (χ3n) is 3.32. The van der Waals surface area contributed by atoms with Crippen molar-refractivity contribution in [1.29, 1.82) is 0 Å². The van der Waals surface area contributed by atoms with Crippen LogP contribution in [-0.4, -0.2) is 20.8 Å². The van der Waals surface area contributed by atoms with Crippen molar-refractivity contribution in [1.82, 2.24) is 14.5 Å². The molecule has 6 heteroatoms. The predicted octanol–water partition coefficient (Wildman–Crippen LogP) is 3.62. The minimum absolute atomic E-state index is 0.387. The highest BCUT2D eigenvalue weighted by Gasteiger charge is 2.17. The standard InChI is InChI=1S/C16H14ClN3O2/c1-11-18-8-9-20(11)16-19-15(14(22-16)3-2-10-21)12-4-6-13(17)7-5-12/h4-10H,2-3H2,1H3. The first-order valence-electron chi connectivity index (χ1n) is 6.88. The Bertz CT molecular complexity index is 790. The van der Waals surface area contributed by atoms with E-state index in [1.165, 1.54) is 0 Å².